The average Bonchev–Trinajstić information content (AvgIpc) is 2.39. The summed E-state index contributed by atoms with van der Waals surface area (Å²) in [5, 5.41) is 9.55. The maximum atomic E-state index is 9.55. The summed E-state index contributed by atoms with van der Waals surface area (Å²) < 4.78 is 10.7. The lowest BCUT2D eigenvalue weighted by molar-refractivity contribution is 0.0853. The van der Waals surface area contributed by atoms with Crippen LogP contribution in [0.15, 0.2) is 18.2 Å². The van der Waals surface area contributed by atoms with Crippen LogP contribution in [0, 0.1) is 0 Å². The van der Waals surface area contributed by atoms with Crippen LogP contribution in [0.5, 0.6) is 5.75 Å². The molecular formula is C15H22O3. The molecule has 2 rings (SSSR count). The molecule has 0 bridgehead atoms. The van der Waals surface area contributed by atoms with Gasteiger partial charge in [-0.3, -0.25) is 0 Å². The largest absolute Gasteiger partial charge is 0.496 e. The first-order chi connectivity index (χ1) is 8.70. The molecule has 100 valence electrons. The minimum atomic E-state index is -0.344. The van der Waals surface area contributed by atoms with E-state index < -0.39 is 0 Å². The summed E-state index contributed by atoms with van der Waals surface area (Å²) in [4.78, 5) is 0. The van der Waals surface area contributed by atoms with Crippen LogP contribution in [0.4, 0.5) is 0 Å². The van der Waals surface area contributed by atoms with E-state index in [2.05, 4.69) is 12.1 Å². The first-order valence-corrected chi connectivity index (χ1v) is 6.63. The number of aliphatic hydroxyl groups is 1. The highest BCUT2D eigenvalue weighted by atomic mass is 16.5. The molecule has 0 spiro atoms. The van der Waals surface area contributed by atoms with Gasteiger partial charge in [-0.25, -0.2) is 0 Å². The summed E-state index contributed by atoms with van der Waals surface area (Å²) in [7, 11) is 1.68. The number of hydrogen-bond donors (Lipinski definition) is 1. The zero-order chi connectivity index (χ0) is 13.0. The zero-order valence-electron chi connectivity index (χ0n) is 11.2. The predicted molar refractivity (Wildman–Crippen MR) is 71.2 cm³/mol. The normalized spacial score (nSPS) is 18.6. The molecule has 0 radical (unpaired) electrons. The summed E-state index contributed by atoms with van der Waals surface area (Å²) in [5.74, 6) is 1.45. The van der Waals surface area contributed by atoms with E-state index >= 15 is 0 Å². The standard InChI is InChI=1S/C15H22O3/c1-11(16)9-14-10-13(3-4-15(14)17-2)12-5-7-18-8-6-12/h3-4,10-12,16H,5-9H2,1-2H3. The molecule has 1 aromatic carbocycles. The van der Waals surface area contributed by atoms with Gasteiger partial charge in [-0.2, -0.15) is 0 Å². The van der Waals surface area contributed by atoms with E-state index in [-0.39, 0.29) is 6.10 Å². The highest BCUT2D eigenvalue weighted by molar-refractivity contribution is 5.39. The molecule has 1 aliphatic rings. The molecule has 0 aliphatic carbocycles. The number of hydrogen-bond acceptors (Lipinski definition) is 3. The van der Waals surface area contributed by atoms with Crippen molar-refractivity contribution in [3.63, 3.8) is 0 Å². The molecule has 1 heterocycles. The fraction of sp³-hybridized carbons (Fsp3) is 0.600. The second kappa shape index (κ2) is 6.21. The van der Waals surface area contributed by atoms with Crippen LogP contribution in [0.25, 0.3) is 0 Å². The molecule has 0 saturated carbocycles. The monoisotopic (exact) mass is 250 g/mol. The molecule has 3 heteroatoms. The van der Waals surface area contributed by atoms with Crippen molar-refractivity contribution in [3.05, 3.63) is 29.3 Å². The second-order valence-electron chi connectivity index (χ2n) is 5.01. The maximum absolute atomic E-state index is 9.55. The molecule has 1 aromatic rings. The van der Waals surface area contributed by atoms with E-state index in [4.69, 9.17) is 9.47 Å². The third kappa shape index (κ3) is 3.24. The Balaban J connectivity index is 2.20. The summed E-state index contributed by atoms with van der Waals surface area (Å²) in [6.45, 7) is 3.51. The summed E-state index contributed by atoms with van der Waals surface area (Å²) in [5.41, 5.74) is 2.44. The first kappa shape index (κ1) is 13.4. The fourth-order valence-electron chi connectivity index (χ4n) is 2.56. The van der Waals surface area contributed by atoms with Gasteiger partial charge in [-0.05, 0) is 42.9 Å². The molecular weight excluding hydrogens is 228 g/mol. The topological polar surface area (TPSA) is 38.7 Å². The van der Waals surface area contributed by atoms with E-state index in [9.17, 15) is 5.11 Å². The Hall–Kier alpha value is -1.06. The van der Waals surface area contributed by atoms with Crippen molar-refractivity contribution in [2.24, 2.45) is 0 Å². The van der Waals surface area contributed by atoms with E-state index in [1.54, 1.807) is 14.0 Å². The molecule has 0 amide bonds. The first-order valence-electron chi connectivity index (χ1n) is 6.63. The van der Waals surface area contributed by atoms with Crippen LogP contribution in [0.3, 0.4) is 0 Å². The maximum Gasteiger partial charge on any atom is 0.122 e. The number of rotatable bonds is 4. The SMILES string of the molecule is COc1ccc(C2CCOCC2)cc1CC(C)O. The average molecular weight is 250 g/mol. The van der Waals surface area contributed by atoms with Gasteiger partial charge in [0.1, 0.15) is 5.75 Å². The van der Waals surface area contributed by atoms with Gasteiger partial charge in [-0.15, -0.1) is 0 Å². The van der Waals surface area contributed by atoms with Crippen molar-refractivity contribution < 1.29 is 14.6 Å². The summed E-state index contributed by atoms with van der Waals surface area (Å²) in [6.07, 6.45) is 2.46. The molecule has 1 atom stereocenters. The number of methoxy groups -OCH3 is 1. The van der Waals surface area contributed by atoms with Gasteiger partial charge in [0.05, 0.1) is 13.2 Å². The Labute approximate surface area is 109 Å². The van der Waals surface area contributed by atoms with E-state index in [0.717, 1.165) is 37.4 Å². The van der Waals surface area contributed by atoms with Crippen molar-refractivity contribution in [2.75, 3.05) is 20.3 Å². The molecule has 1 N–H and O–H groups in total. The zero-order valence-corrected chi connectivity index (χ0v) is 11.2. The lowest BCUT2D eigenvalue weighted by Crippen LogP contribution is -2.14. The Morgan fingerprint density at radius 3 is 2.72 bits per heavy atom. The van der Waals surface area contributed by atoms with Crippen LogP contribution in [0.2, 0.25) is 0 Å². The molecule has 3 nitrogen and oxygen atoms in total. The molecule has 0 aromatic heterocycles. The fourth-order valence-corrected chi connectivity index (χ4v) is 2.56. The van der Waals surface area contributed by atoms with E-state index in [1.165, 1.54) is 5.56 Å². The third-order valence-corrected chi connectivity index (χ3v) is 3.51. The van der Waals surface area contributed by atoms with E-state index in [1.807, 2.05) is 6.07 Å². The van der Waals surface area contributed by atoms with E-state index in [0.29, 0.717) is 12.3 Å². The third-order valence-electron chi connectivity index (χ3n) is 3.51. The number of benzene rings is 1. The summed E-state index contributed by atoms with van der Waals surface area (Å²) in [6, 6.07) is 6.34. The van der Waals surface area contributed by atoms with Gasteiger partial charge in [0.15, 0.2) is 0 Å². The van der Waals surface area contributed by atoms with Gasteiger partial charge >= 0.3 is 0 Å². The van der Waals surface area contributed by atoms with Crippen molar-refractivity contribution in [3.8, 4) is 5.75 Å². The van der Waals surface area contributed by atoms with Crippen LogP contribution < -0.4 is 4.74 Å². The summed E-state index contributed by atoms with van der Waals surface area (Å²) >= 11 is 0. The van der Waals surface area contributed by atoms with Crippen LogP contribution in [-0.2, 0) is 11.2 Å². The van der Waals surface area contributed by atoms with Crippen molar-refractivity contribution >= 4 is 0 Å². The quantitative estimate of drug-likeness (QED) is 0.892. The number of aliphatic hydroxyl groups excluding tert-OH is 1. The van der Waals surface area contributed by atoms with Crippen molar-refractivity contribution in [1.29, 1.82) is 0 Å². The van der Waals surface area contributed by atoms with Gasteiger partial charge in [-0.1, -0.05) is 12.1 Å². The van der Waals surface area contributed by atoms with Crippen LogP contribution in [0.1, 0.15) is 36.8 Å². The van der Waals surface area contributed by atoms with Crippen molar-refractivity contribution in [2.45, 2.75) is 38.2 Å². The minimum Gasteiger partial charge on any atom is -0.496 e. The lowest BCUT2D eigenvalue weighted by Gasteiger charge is -2.23. The molecule has 1 fully saturated rings. The smallest absolute Gasteiger partial charge is 0.122 e. The second-order valence-corrected chi connectivity index (χ2v) is 5.01. The highest BCUT2D eigenvalue weighted by Gasteiger charge is 2.17. The molecule has 18 heavy (non-hydrogen) atoms. The molecule has 1 unspecified atom stereocenters. The van der Waals surface area contributed by atoms with Crippen molar-refractivity contribution in [1.82, 2.24) is 0 Å². The van der Waals surface area contributed by atoms with Gasteiger partial charge in [0.25, 0.3) is 0 Å². The Morgan fingerprint density at radius 2 is 2.11 bits per heavy atom. The lowest BCUT2D eigenvalue weighted by atomic mass is 9.89. The molecule has 1 saturated heterocycles. The Bertz CT molecular complexity index is 381. The van der Waals surface area contributed by atoms with Gasteiger partial charge in [0.2, 0.25) is 0 Å². The minimum absolute atomic E-state index is 0.344. The van der Waals surface area contributed by atoms with Crippen LogP contribution >= 0.6 is 0 Å². The Morgan fingerprint density at radius 1 is 1.39 bits per heavy atom. The van der Waals surface area contributed by atoms with Crippen LogP contribution in [-0.4, -0.2) is 31.5 Å². The molecule has 1 aliphatic heterocycles. The highest BCUT2D eigenvalue weighted by Crippen LogP contribution is 2.31. The Kier molecular flexibility index (Phi) is 4.61. The van der Waals surface area contributed by atoms with Gasteiger partial charge < -0.3 is 14.6 Å². The number of ether oxygens (including phenoxy) is 2. The predicted octanol–water partition coefficient (Wildman–Crippen LogP) is 2.51. The van der Waals surface area contributed by atoms with Gasteiger partial charge in [0, 0.05) is 19.6 Å².